The number of nitrogens with two attached hydrogens (primary N) is 1. The van der Waals surface area contributed by atoms with Gasteiger partial charge in [-0.05, 0) is 30.3 Å². The maximum absolute atomic E-state index is 11.3. The van der Waals surface area contributed by atoms with Crippen LogP contribution in [0.3, 0.4) is 0 Å². The molecule has 0 saturated carbocycles. The number of amidine groups is 1. The van der Waals surface area contributed by atoms with Crippen molar-refractivity contribution in [3.63, 3.8) is 0 Å². The van der Waals surface area contributed by atoms with Gasteiger partial charge in [0.25, 0.3) is 5.91 Å². The lowest BCUT2D eigenvalue weighted by Gasteiger charge is -1.96. The second-order valence-electron chi connectivity index (χ2n) is 3.28. The van der Waals surface area contributed by atoms with Crippen LogP contribution < -0.4 is 5.73 Å². The number of rotatable bonds is 1. The molecule has 1 aromatic carbocycles. The molecular weight excluding hydrogens is 208 g/mol. The molecule has 2 rings (SSSR count). The molecule has 0 spiro atoms. The minimum atomic E-state index is -0.252. The van der Waals surface area contributed by atoms with Crippen LogP contribution in [0.5, 0.6) is 0 Å². The van der Waals surface area contributed by atoms with Crippen molar-refractivity contribution in [2.75, 3.05) is 0 Å². The molecule has 0 saturated heterocycles. The molecule has 1 heterocycles. The van der Waals surface area contributed by atoms with Gasteiger partial charge in [-0.25, -0.2) is 0 Å². The Morgan fingerprint density at radius 3 is 2.53 bits per heavy atom. The highest BCUT2D eigenvalue weighted by molar-refractivity contribution is 8.18. The number of hydrogen-bond donors (Lipinski definition) is 1. The first-order valence-electron chi connectivity index (χ1n) is 4.50. The van der Waals surface area contributed by atoms with E-state index in [4.69, 9.17) is 5.73 Å². The molecule has 2 N–H and O–H groups in total. The average Bonchev–Trinajstić information content (AvgIpc) is 2.49. The van der Waals surface area contributed by atoms with Crippen molar-refractivity contribution in [3.8, 4) is 0 Å². The van der Waals surface area contributed by atoms with Crippen LogP contribution in [0, 0.1) is 6.92 Å². The average molecular weight is 218 g/mol. The van der Waals surface area contributed by atoms with Crippen molar-refractivity contribution in [2.45, 2.75) is 6.92 Å². The number of amides is 1. The Kier molecular flexibility index (Phi) is 2.60. The Balaban J connectivity index is 2.25. The molecule has 3 nitrogen and oxygen atoms in total. The standard InChI is InChI=1S/C11H10N2OS/c1-7-2-4-8(5-3-7)6-9-10(14)13-11(12)15-9/h2-6H,1H3,(H2,12,13,14)/b9-6-. The molecule has 1 aliphatic rings. The third-order valence-electron chi connectivity index (χ3n) is 2.01. The van der Waals surface area contributed by atoms with Crippen LogP contribution >= 0.6 is 11.8 Å². The number of carbonyl (C=O) groups excluding carboxylic acids is 1. The predicted molar refractivity (Wildman–Crippen MR) is 63.4 cm³/mol. The Labute approximate surface area is 92.1 Å². The van der Waals surface area contributed by atoms with Gasteiger partial charge in [-0.3, -0.25) is 4.79 Å². The lowest BCUT2D eigenvalue weighted by Crippen LogP contribution is -2.01. The number of aliphatic imine (C=N–C) groups is 1. The van der Waals surface area contributed by atoms with Gasteiger partial charge in [0.05, 0.1) is 4.91 Å². The fourth-order valence-corrected chi connectivity index (χ4v) is 1.92. The van der Waals surface area contributed by atoms with Crippen molar-refractivity contribution < 1.29 is 4.79 Å². The summed E-state index contributed by atoms with van der Waals surface area (Å²) < 4.78 is 0. The first-order valence-corrected chi connectivity index (χ1v) is 5.31. The number of hydrogen-bond acceptors (Lipinski definition) is 3. The molecule has 0 aromatic heterocycles. The molecule has 0 radical (unpaired) electrons. The molecule has 0 aliphatic carbocycles. The lowest BCUT2D eigenvalue weighted by atomic mass is 10.1. The third kappa shape index (κ3) is 2.27. The summed E-state index contributed by atoms with van der Waals surface area (Å²) in [5, 5.41) is 0.318. The Morgan fingerprint density at radius 1 is 1.33 bits per heavy atom. The van der Waals surface area contributed by atoms with E-state index < -0.39 is 0 Å². The van der Waals surface area contributed by atoms with Crippen LogP contribution in [0.1, 0.15) is 11.1 Å². The van der Waals surface area contributed by atoms with Crippen molar-refractivity contribution in [1.82, 2.24) is 0 Å². The van der Waals surface area contributed by atoms with Crippen LogP contribution in [-0.2, 0) is 4.79 Å². The molecule has 0 fully saturated rings. The van der Waals surface area contributed by atoms with Crippen LogP contribution in [0.25, 0.3) is 6.08 Å². The van der Waals surface area contributed by atoms with E-state index in [-0.39, 0.29) is 5.91 Å². The second-order valence-corrected chi connectivity index (χ2v) is 4.34. The summed E-state index contributed by atoms with van der Waals surface area (Å²) in [6.07, 6.45) is 1.80. The van der Waals surface area contributed by atoms with Gasteiger partial charge >= 0.3 is 0 Å². The van der Waals surface area contributed by atoms with E-state index in [1.165, 1.54) is 17.3 Å². The van der Waals surface area contributed by atoms with Gasteiger partial charge in [-0.15, -0.1) is 0 Å². The van der Waals surface area contributed by atoms with Crippen molar-refractivity contribution in [2.24, 2.45) is 10.7 Å². The molecule has 76 valence electrons. The van der Waals surface area contributed by atoms with Crippen LogP contribution in [0.4, 0.5) is 0 Å². The maximum Gasteiger partial charge on any atom is 0.286 e. The quantitative estimate of drug-likeness (QED) is 0.733. The van der Waals surface area contributed by atoms with E-state index in [1.54, 1.807) is 6.08 Å². The second kappa shape index (κ2) is 3.90. The normalized spacial score (nSPS) is 18.3. The largest absolute Gasteiger partial charge is 0.378 e. The molecule has 0 bridgehead atoms. The van der Waals surface area contributed by atoms with E-state index in [0.717, 1.165) is 5.56 Å². The van der Waals surface area contributed by atoms with Gasteiger partial charge < -0.3 is 5.73 Å². The highest BCUT2D eigenvalue weighted by Crippen LogP contribution is 2.26. The first-order chi connectivity index (χ1) is 7.15. The van der Waals surface area contributed by atoms with Gasteiger partial charge in [0, 0.05) is 0 Å². The SMILES string of the molecule is Cc1ccc(/C=C2\SC(N)=NC2=O)cc1. The summed E-state index contributed by atoms with van der Waals surface area (Å²) in [4.78, 5) is 15.5. The Bertz CT molecular complexity index is 460. The lowest BCUT2D eigenvalue weighted by molar-refractivity contribution is -0.113. The van der Waals surface area contributed by atoms with Crippen LogP contribution in [-0.4, -0.2) is 11.1 Å². The Morgan fingerprint density at radius 2 is 2.00 bits per heavy atom. The molecule has 1 amide bonds. The molecule has 1 aliphatic heterocycles. The molecule has 15 heavy (non-hydrogen) atoms. The highest BCUT2D eigenvalue weighted by Gasteiger charge is 2.18. The molecular formula is C11H10N2OS. The smallest absolute Gasteiger partial charge is 0.286 e. The number of aryl methyl sites for hydroxylation is 1. The van der Waals surface area contributed by atoms with Gasteiger partial charge in [0.15, 0.2) is 5.17 Å². The van der Waals surface area contributed by atoms with E-state index >= 15 is 0 Å². The zero-order chi connectivity index (χ0) is 10.8. The number of benzene rings is 1. The number of thioether (sulfide) groups is 1. The fourth-order valence-electron chi connectivity index (χ4n) is 1.24. The summed E-state index contributed by atoms with van der Waals surface area (Å²) in [6, 6.07) is 7.93. The minimum Gasteiger partial charge on any atom is -0.378 e. The minimum absolute atomic E-state index is 0.252. The van der Waals surface area contributed by atoms with E-state index in [1.807, 2.05) is 31.2 Å². The summed E-state index contributed by atoms with van der Waals surface area (Å²) in [5.41, 5.74) is 7.62. The summed E-state index contributed by atoms with van der Waals surface area (Å²) >= 11 is 1.21. The van der Waals surface area contributed by atoms with Crippen molar-refractivity contribution in [1.29, 1.82) is 0 Å². The zero-order valence-electron chi connectivity index (χ0n) is 8.23. The van der Waals surface area contributed by atoms with Gasteiger partial charge in [-0.2, -0.15) is 4.99 Å². The van der Waals surface area contributed by atoms with Gasteiger partial charge in [-0.1, -0.05) is 29.8 Å². The van der Waals surface area contributed by atoms with Crippen LogP contribution in [0.15, 0.2) is 34.2 Å². The zero-order valence-corrected chi connectivity index (χ0v) is 9.04. The van der Waals surface area contributed by atoms with Gasteiger partial charge in [0.2, 0.25) is 0 Å². The number of nitrogens with zero attached hydrogens (tertiary/aromatic N) is 1. The third-order valence-corrected chi connectivity index (χ3v) is 2.82. The predicted octanol–water partition coefficient (Wildman–Crippen LogP) is 1.92. The summed E-state index contributed by atoms with van der Waals surface area (Å²) in [6.45, 7) is 2.02. The van der Waals surface area contributed by atoms with E-state index in [9.17, 15) is 4.79 Å². The molecule has 4 heteroatoms. The molecule has 0 atom stereocenters. The molecule has 0 unspecified atom stereocenters. The monoisotopic (exact) mass is 218 g/mol. The van der Waals surface area contributed by atoms with E-state index in [2.05, 4.69) is 4.99 Å². The Hall–Kier alpha value is -1.55. The first kappa shape index (κ1) is 9.98. The van der Waals surface area contributed by atoms with E-state index in [0.29, 0.717) is 10.1 Å². The van der Waals surface area contributed by atoms with Gasteiger partial charge in [0.1, 0.15) is 0 Å². The van der Waals surface area contributed by atoms with Crippen LogP contribution in [0.2, 0.25) is 0 Å². The van der Waals surface area contributed by atoms with Crippen molar-refractivity contribution in [3.05, 3.63) is 40.3 Å². The summed E-state index contributed by atoms with van der Waals surface area (Å²) in [5.74, 6) is -0.252. The number of carbonyl (C=O) groups is 1. The molecule has 1 aromatic rings. The highest BCUT2D eigenvalue weighted by atomic mass is 32.2. The fraction of sp³-hybridized carbons (Fsp3) is 0.0909. The van der Waals surface area contributed by atoms with Crippen molar-refractivity contribution >= 4 is 28.9 Å². The maximum atomic E-state index is 11.3. The topological polar surface area (TPSA) is 55.4 Å². The summed E-state index contributed by atoms with van der Waals surface area (Å²) in [7, 11) is 0.